The predicted molar refractivity (Wildman–Crippen MR) is 94.6 cm³/mol. The lowest BCUT2D eigenvalue weighted by Gasteiger charge is -2.08. The first-order chi connectivity index (χ1) is 11.1. The summed E-state index contributed by atoms with van der Waals surface area (Å²) >= 11 is 9.13. The SMILES string of the molecule is O=C(Cc1ccc(Cl)cc1)NCCNC(=O)c1ccccc1Br. The highest BCUT2D eigenvalue weighted by molar-refractivity contribution is 9.10. The van der Waals surface area contributed by atoms with E-state index in [1.165, 1.54) is 0 Å². The van der Waals surface area contributed by atoms with Crippen LogP contribution in [0.4, 0.5) is 0 Å². The molecule has 0 radical (unpaired) electrons. The van der Waals surface area contributed by atoms with Gasteiger partial charge in [0.05, 0.1) is 12.0 Å². The Morgan fingerprint density at radius 1 is 0.957 bits per heavy atom. The number of rotatable bonds is 6. The molecule has 4 nitrogen and oxygen atoms in total. The Kier molecular flexibility index (Phi) is 6.62. The summed E-state index contributed by atoms with van der Waals surface area (Å²) in [6.07, 6.45) is 0.287. The van der Waals surface area contributed by atoms with E-state index in [4.69, 9.17) is 11.6 Å². The summed E-state index contributed by atoms with van der Waals surface area (Å²) in [6, 6.07) is 14.3. The fourth-order valence-corrected chi connectivity index (χ4v) is 2.56. The van der Waals surface area contributed by atoms with Gasteiger partial charge in [-0.05, 0) is 45.8 Å². The molecule has 2 N–H and O–H groups in total. The van der Waals surface area contributed by atoms with Crippen molar-refractivity contribution in [1.29, 1.82) is 0 Å². The molecule has 2 rings (SSSR count). The number of halogens is 2. The third-order valence-electron chi connectivity index (χ3n) is 3.13. The molecule has 2 aromatic carbocycles. The molecule has 6 heteroatoms. The normalized spacial score (nSPS) is 10.2. The molecule has 0 saturated carbocycles. The standard InChI is InChI=1S/C17H16BrClN2O2/c18-15-4-2-1-3-14(15)17(23)21-10-9-20-16(22)11-12-5-7-13(19)8-6-12/h1-8H,9-11H2,(H,20,22)(H,21,23). The molecule has 0 heterocycles. The highest BCUT2D eigenvalue weighted by atomic mass is 79.9. The second-order valence-electron chi connectivity index (χ2n) is 4.89. The van der Waals surface area contributed by atoms with Gasteiger partial charge in [0.25, 0.3) is 5.91 Å². The number of amides is 2. The van der Waals surface area contributed by atoms with Crippen LogP contribution in [0.1, 0.15) is 15.9 Å². The zero-order valence-electron chi connectivity index (χ0n) is 12.3. The van der Waals surface area contributed by atoms with Gasteiger partial charge in [0.1, 0.15) is 0 Å². The van der Waals surface area contributed by atoms with E-state index >= 15 is 0 Å². The summed E-state index contributed by atoms with van der Waals surface area (Å²) in [5.74, 6) is -0.271. The number of nitrogens with one attached hydrogen (secondary N) is 2. The van der Waals surface area contributed by atoms with Crippen LogP contribution in [0, 0.1) is 0 Å². The van der Waals surface area contributed by atoms with Crippen LogP contribution < -0.4 is 10.6 Å². The van der Waals surface area contributed by atoms with E-state index in [1.807, 2.05) is 24.3 Å². The van der Waals surface area contributed by atoms with Crippen molar-refractivity contribution in [1.82, 2.24) is 10.6 Å². The third-order valence-corrected chi connectivity index (χ3v) is 4.07. The Hall–Kier alpha value is -1.85. The minimum atomic E-state index is -0.176. The molecular weight excluding hydrogens is 380 g/mol. The maximum Gasteiger partial charge on any atom is 0.252 e. The molecule has 23 heavy (non-hydrogen) atoms. The lowest BCUT2D eigenvalue weighted by Crippen LogP contribution is -2.35. The molecule has 0 aliphatic rings. The van der Waals surface area contributed by atoms with E-state index < -0.39 is 0 Å². The minimum absolute atomic E-state index is 0.0949. The average molecular weight is 396 g/mol. The van der Waals surface area contributed by atoms with Crippen molar-refractivity contribution in [2.75, 3.05) is 13.1 Å². The van der Waals surface area contributed by atoms with Gasteiger partial charge in [-0.3, -0.25) is 9.59 Å². The van der Waals surface area contributed by atoms with Crippen molar-refractivity contribution in [3.8, 4) is 0 Å². The van der Waals surface area contributed by atoms with Gasteiger partial charge in [0, 0.05) is 22.6 Å². The topological polar surface area (TPSA) is 58.2 Å². The van der Waals surface area contributed by atoms with E-state index in [2.05, 4.69) is 26.6 Å². The van der Waals surface area contributed by atoms with Crippen molar-refractivity contribution in [3.63, 3.8) is 0 Å². The number of carbonyl (C=O) groups excluding carboxylic acids is 2. The largest absolute Gasteiger partial charge is 0.354 e. The molecule has 0 aliphatic heterocycles. The molecule has 0 aliphatic carbocycles. The molecule has 0 aromatic heterocycles. The quantitative estimate of drug-likeness (QED) is 0.738. The zero-order valence-corrected chi connectivity index (χ0v) is 14.7. The number of benzene rings is 2. The number of hydrogen-bond donors (Lipinski definition) is 2. The summed E-state index contributed by atoms with van der Waals surface area (Å²) < 4.78 is 0.740. The Bertz CT molecular complexity index is 689. The first-order valence-electron chi connectivity index (χ1n) is 7.10. The third kappa shape index (κ3) is 5.69. The van der Waals surface area contributed by atoms with Crippen molar-refractivity contribution in [2.24, 2.45) is 0 Å². The van der Waals surface area contributed by atoms with Crippen LogP contribution >= 0.6 is 27.5 Å². The smallest absolute Gasteiger partial charge is 0.252 e. The summed E-state index contributed by atoms with van der Waals surface area (Å²) in [5.41, 5.74) is 1.46. The summed E-state index contributed by atoms with van der Waals surface area (Å²) in [7, 11) is 0. The fourth-order valence-electron chi connectivity index (χ4n) is 1.97. The second kappa shape index (κ2) is 8.70. The van der Waals surface area contributed by atoms with Gasteiger partial charge in [-0.25, -0.2) is 0 Å². The maximum atomic E-state index is 12.0. The van der Waals surface area contributed by atoms with Gasteiger partial charge in [-0.1, -0.05) is 35.9 Å². The highest BCUT2D eigenvalue weighted by Crippen LogP contribution is 2.15. The molecule has 0 bridgehead atoms. The minimum Gasteiger partial charge on any atom is -0.354 e. The Morgan fingerprint density at radius 2 is 1.61 bits per heavy atom. The van der Waals surface area contributed by atoms with E-state index in [1.54, 1.807) is 24.3 Å². The monoisotopic (exact) mass is 394 g/mol. The summed E-state index contributed by atoms with van der Waals surface area (Å²) in [6.45, 7) is 0.745. The number of hydrogen-bond acceptors (Lipinski definition) is 2. The van der Waals surface area contributed by atoms with Crippen LogP contribution in [0.3, 0.4) is 0 Å². The van der Waals surface area contributed by atoms with Crippen molar-refractivity contribution in [2.45, 2.75) is 6.42 Å². The molecule has 2 aromatic rings. The van der Waals surface area contributed by atoms with Gasteiger partial charge < -0.3 is 10.6 Å². The van der Waals surface area contributed by atoms with Crippen LogP contribution in [-0.2, 0) is 11.2 Å². The Balaban J connectivity index is 1.71. The molecule has 0 spiro atoms. The van der Waals surface area contributed by atoms with Crippen molar-refractivity contribution < 1.29 is 9.59 Å². The average Bonchev–Trinajstić information content (AvgIpc) is 2.54. The Labute approximate surface area is 148 Å². The van der Waals surface area contributed by atoms with Crippen LogP contribution in [0.2, 0.25) is 5.02 Å². The summed E-state index contributed by atoms with van der Waals surface area (Å²) in [4.78, 5) is 23.8. The highest BCUT2D eigenvalue weighted by Gasteiger charge is 2.08. The van der Waals surface area contributed by atoms with Crippen LogP contribution in [0.25, 0.3) is 0 Å². The zero-order chi connectivity index (χ0) is 16.7. The van der Waals surface area contributed by atoms with Gasteiger partial charge in [-0.2, -0.15) is 0 Å². The first-order valence-corrected chi connectivity index (χ1v) is 8.27. The molecule has 120 valence electrons. The first kappa shape index (κ1) is 17.5. The van der Waals surface area contributed by atoms with E-state index in [0.717, 1.165) is 10.0 Å². The maximum absolute atomic E-state index is 12.0. The van der Waals surface area contributed by atoms with Crippen molar-refractivity contribution in [3.05, 3.63) is 69.2 Å². The lowest BCUT2D eigenvalue weighted by molar-refractivity contribution is -0.120. The van der Waals surface area contributed by atoms with Gasteiger partial charge in [-0.15, -0.1) is 0 Å². The van der Waals surface area contributed by atoms with Gasteiger partial charge >= 0.3 is 0 Å². The van der Waals surface area contributed by atoms with E-state index in [-0.39, 0.29) is 18.2 Å². The lowest BCUT2D eigenvalue weighted by atomic mass is 10.1. The second-order valence-corrected chi connectivity index (χ2v) is 6.18. The van der Waals surface area contributed by atoms with E-state index in [0.29, 0.717) is 23.7 Å². The molecule has 0 saturated heterocycles. The van der Waals surface area contributed by atoms with Crippen LogP contribution in [-0.4, -0.2) is 24.9 Å². The molecule has 0 unspecified atom stereocenters. The van der Waals surface area contributed by atoms with Crippen molar-refractivity contribution >= 4 is 39.3 Å². The number of carbonyl (C=O) groups is 2. The summed E-state index contributed by atoms with van der Waals surface area (Å²) in [5, 5.41) is 6.18. The molecular formula is C17H16BrClN2O2. The van der Waals surface area contributed by atoms with E-state index in [9.17, 15) is 9.59 Å². The molecule has 0 fully saturated rings. The molecule has 0 atom stereocenters. The Morgan fingerprint density at radius 3 is 2.30 bits per heavy atom. The fraction of sp³-hybridized carbons (Fsp3) is 0.176. The molecule has 2 amide bonds. The van der Waals surface area contributed by atoms with Crippen LogP contribution in [0.15, 0.2) is 53.0 Å². The van der Waals surface area contributed by atoms with Gasteiger partial charge in [0.2, 0.25) is 5.91 Å². The van der Waals surface area contributed by atoms with Gasteiger partial charge in [0.15, 0.2) is 0 Å². The predicted octanol–water partition coefficient (Wildman–Crippen LogP) is 3.19. The van der Waals surface area contributed by atoms with Crippen LogP contribution in [0.5, 0.6) is 0 Å².